The molecule has 2 aliphatic rings. The summed E-state index contributed by atoms with van der Waals surface area (Å²) in [7, 11) is 0. The van der Waals surface area contributed by atoms with E-state index in [0.717, 1.165) is 32.4 Å². The molecule has 2 N–H and O–H groups in total. The van der Waals surface area contributed by atoms with Crippen LogP contribution < -0.4 is 5.32 Å². The molecule has 20 heavy (non-hydrogen) atoms. The maximum absolute atomic E-state index is 12.8. The minimum absolute atomic E-state index is 0.0659. The van der Waals surface area contributed by atoms with Gasteiger partial charge in [0.05, 0.1) is 11.8 Å². The summed E-state index contributed by atoms with van der Waals surface area (Å²) >= 11 is 0. The fourth-order valence-corrected chi connectivity index (χ4v) is 3.76. The smallest absolute Gasteiger partial charge is 0.307 e. The maximum Gasteiger partial charge on any atom is 0.307 e. The predicted molar refractivity (Wildman–Crippen MR) is 76.3 cm³/mol. The van der Waals surface area contributed by atoms with Gasteiger partial charge in [-0.3, -0.25) is 9.59 Å². The first-order chi connectivity index (χ1) is 9.54. The van der Waals surface area contributed by atoms with Crippen LogP contribution in [0.25, 0.3) is 0 Å². The molecule has 0 aromatic rings. The molecular formula is C15H26N2O3. The number of rotatable bonds is 4. The normalized spacial score (nSPS) is 31.2. The lowest BCUT2D eigenvalue weighted by Crippen LogP contribution is -2.49. The summed E-state index contributed by atoms with van der Waals surface area (Å²) in [6, 6.07) is 0.277. The second-order valence-corrected chi connectivity index (χ2v) is 6.23. The van der Waals surface area contributed by atoms with Gasteiger partial charge in [-0.2, -0.15) is 0 Å². The van der Waals surface area contributed by atoms with Crippen molar-refractivity contribution in [2.24, 2.45) is 17.8 Å². The van der Waals surface area contributed by atoms with Crippen molar-refractivity contribution in [2.45, 2.75) is 45.6 Å². The number of hydrogen-bond donors (Lipinski definition) is 2. The molecule has 0 bridgehead atoms. The number of carbonyl (C=O) groups excluding carboxylic acids is 1. The van der Waals surface area contributed by atoms with Gasteiger partial charge in [0.25, 0.3) is 0 Å². The SMILES string of the molecule is CCN(C(=O)[C@H]1CC(C)C[C@H]1C(=O)O)C1CCNCC1. The second-order valence-electron chi connectivity index (χ2n) is 6.23. The third-order valence-corrected chi connectivity index (χ3v) is 4.81. The Morgan fingerprint density at radius 3 is 2.35 bits per heavy atom. The first-order valence-corrected chi connectivity index (χ1v) is 7.78. The van der Waals surface area contributed by atoms with Gasteiger partial charge in [0.1, 0.15) is 0 Å². The van der Waals surface area contributed by atoms with Crippen LogP contribution in [-0.2, 0) is 9.59 Å². The van der Waals surface area contributed by atoms with Crippen molar-refractivity contribution < 1.29 is 14.7 Å². The Morgan fingerprint density at radius 1 is 1.20 bits per heavy atom. The van der Waals surface area contributed by atoms with Crippen molar-refractivity contribution in [1.82, 2.24) is 10.2 Å². The zero-order valence-corrected chi connectivity index (χ0v) is 12.5. The molecule has 5 heteroatoms. The molecule has 1 aliphatic heterocycles. The van der Waals surface area contributed by atoms with Crippen molar-refractivity contribution in [1.29, 1.82) is 0 Å². The van der Waals surface area contributed by atoms with Crippen LogP contribution in [0.3, 0.4) is 0 Å². The highest BCUT2D eigenvalue weighted by atomic mass is 16.4. The van der Waals surface area contributed by atoms with Crippen molar-refractivity contribution in [2.75, 3.05) is 19.6 Å². The van der Waals surface area contributed by atoms with E-state index in [9.17, 15) is 14.7 Å². The fraction of sp³-hybridized carbons (Fsp3) is 0.867. The van der Waals surface area contributed by atoms with Gasteiger partial charge in [0.15, 0.2) is 0 Å². The molecule has 1 saturated heterocycles. The van der Waals surface area contributed by atoms with Gasteiger partial charge in [-0.15, -0.1) is 0 Å². The topological polar surface area (TPSA) is 69.6 Å². The highest BCUT2D eigenvalue weighted by molar-refractivity contribution is 5.85. The number of aliphatic carboxylic acids is 1. The van der Waals surface area contributed by atoms with E-state index in [4.69, 9.17) is 0 Å². The summed E-state index contributed by atoms with van der Waals surface area (Å²) in [6.07, 6.45) is 3.30. The molecule has 5 nitrogen and oxygen atoms in total. The number of carboxylic acid groups (broad SMARTS) is 1. The molecule has 1 heterocycles. The van der Waals surface area contributed by atoms with Crippen molar-refractivity contribution >= 4 is 11.9 Å². The number of amides is 1. The average molecular weight is 282 g/mol. The molecule has 1 unspecified atom stereocenters. The molecule has 0 aromatic heterocycles. The van der Waals surface area contributed by atoms with Crippen LogP contribution in [0.15, 0.2) is 0 Å². The van der Waals surface area contributed by atoms with Crippen molar-refractivity contribution in [3.63, 3.8) is 0 Å². The summed E-state index contributed by atoms with van der Waals surface area (Å²) < 4.78 is 0. The Kier molecular flexibility index (Phi) is 5.02. The van der Waals surface area contributed by atoms with Gasteiger partial charge >= 0.3 is 5.97 Å². The molecule has 1 amide bonds. The number of hydrogen-bond acceptors (Lipinski definition) is 3. The molecule has 0 aromatic carbocycles. The lowest BCUT2D eigenvalue weighted by molar-refractivity contribution is -0.150. The van der Waals surface area contributed by atoms with Crippen LogP contribution in [0.4, 0.5) is 0 Å². The molecule has 0 radical (unpaired) electrons. The van der Waals surface area contributed by atoms with Gasteiger partial charge < -0.3 is 15.3 Å². The minimum Gasteiger partial charge on any atom is -0.481 e. The Labute approximate surface area is 120 Å². The monoisotopic (exact) mass is 282 g/mol. The van der Waals surface area contributed by atoms with Crippen LogP contribution in [0.2, 0.25) is 0 Å². The van der Waals surface area contributed by atoms with E-state index in [-0.39, 0.29) is 17.9 Å². The highest BCUT2D eigenvalue weighted by Crippen LogP contribution is 2.38. The standard InChI is InChI=1S/C15H26N2O3/c1-3-17(11-4-6-16-7-5-11)14(18)12-8-10(2)9-13(12)15(19)20/h10-13,16H,3-9H2,1-2H3,(H,19,20)/t10?,12-,13+/m0/s1. The maximum atomic E-state index is 12.8. The first kappa shape index (κ1) is 15.3. The van der Waals surface area contributed by atoms with Gasteiger partial charge in [-0.25, -0.2) is 0 Å². The van der Waals surface area contributed by atoms with Crippen molar-refractivity contribution in [3.8, 4) is 0 Å². The molecular weight excluding hydrogens is 256 g/mol. The Bertz CT molecular complexity index is 366. The van der Waals surface area contributed by atoms with Crippen LogP contribution in [0.1, 0.15) is 39.5 Å². The third-order valence-electron chi connectivity index (χ3n) is 4.81. The van der Waals surface area contributed by atoms with E-state index in [0.29, 0.717) is 18.9 Å². The van der Waals surface area contributed by atoms with E-state index in [1.807, 2.05) is 18.7 Å². The van der Waals surface area contributed by atoms with Crippen LogP contribution in [0.5, 0.6) is 0 Å². The third kappa shape index (κ3) is 3.14. The zero-order valence-electron chi connectivity index (χ0n) is 12.5. The second kappa shape index (κ2) is 6.57. The fourth-order valence-electron chi connectivity index (χ4n) is 3.76. The average Bonchev–Trinajstić information content (AvgIpc) is 2.83. The Balaban J connectivity index is 2.08. The highest BCUT2D eigenvalue weighted by Gasteiger charge is 2.43. The Morgan fingerprint density at radius 2 is 1.80 bits per heavy atom. The van der Waals surface area contributed by atoms with Gasteiger partial charge in [-0.1, -0.05) is 6.92 Å². The van der Waals surface area contributed by atoms with Crippen molar-refractivity contribution in [3.05, 3.63) is 0 Å². The molecule has 114 valence electrons. The summed E-state index contributed by atoms with van der Waals surface area (Å²) in [5, 5.41) is 12.6. The van der Waals surface area contributed by atoms with E-state index in [1.165, 1.54) is 0 Å². The summed E-state index contributed by atoms with van der Waals surface area (Å²) in [5.41, 5.74) is 0. The number of piperidine rings is 1. The molecule has 2 rings (SSSR count). The number of carboxylic acids is 1. The molecule has 3 atom stereocenters. The van der Waals surface area contributed by atoms with Gasteiger partial charge in [-0.05, 0) is 51.6 Å². The Hall–Kier alpha value is -1.10. The minimum atomic E-state index is -0.811. The lowest BCUT2D eigenvalue weighted by Gasteiger charge is -2.36. The van der Waals surface area contributed by atoms with Crippen LogP contribution in [-0.4, -0.2) is 47.6 Å². The summed E-state index contributed by atoms with van der Waals surface area (Å²) in [4.78, 5) is 26.1. The van der Waals surface area contributed by atoms with E-state index >= 15 is 0 Å². The quantitative estimate of drug-likeness (QED) is 0.816. The van der Waals surface area contributed by atoms with Gasteiger partial charge in [0.2, 0.25) is 5.91 Å². The van der Waals surface area contributed by atoms with Crippen LogP contribution in [0, 0.1) is 17.8 Å². The summed E-state index contributed by atoms with van der Waals surface area (Å²) in [6.45, 7) is 6.61. The molecule has 2 fully saturated rings. The summed E-state index contributed by atoms with van der Waals surface area (Å²) in [5.74, 6) is -1.23. The number of nitrogens with one attached hydrogen (secondary N) is 1. The van der Waals surface area contributed by atoms with Crippen LogP contribution >= 0.6 is 0 Å². The van der Waals surface area contributed by atoms with E-state index in [1.54, 1.807) is 0 Å². The number of carbonyl (C=O) groups is 2. The van der Waals surface area contributed by atoms with E-state index < -0.39 is 11.9 Å². The zero-order chi connectivity index (χ0) is 14.7. The molecule has 1 saturated carbocycles. The predicted octanol–water partition coefficient (Wildman–Crippen LogP) is 1.33. The van der Waals surface area contributed by atoms with E-state index in [2.05, 4.69) is 5.32 Å². The molecule has 1 aliphatic carbocycles. The largest absolute Gasteiger partial charge is 0.481 e. The first-order valence-electron chi connectivity index (χ1n) is 7.78. The molecule has 0 spiro atoms. The number of nitrogens with zero attached hydrogens (tertiary/aromatic N) is 1. The van der Waals surface area contributed by atoms with Gasteiger partial charge in [0, 0.05) is 12.6 Å². The lowest BCUT2D eigenvalue weighted by atomic mass is 9.93.